The van der Waals surface area contributed by atoms with Crippen LogP contribution in [0.25, 0.3) is 0 Å². The number of ether oxygens (including phenoxy) is 5. The third-order valence-electron chi connectivity index (χ3n) is 5.96. The fourth-order valence-electron chi connectivity index (χ4n) is 4.59. The molecule has 0 amide bonds. The molecule has 1 N–H and O–H groups in total. The number of carbonyl (C=O) groups is 1. The van der Waals surface area contributed by atoms with E-state index >= 15 is 0 Å². The zero-order valence-electron chi connectivity index (χ0n) is 15.8. The maximum Gasteiger partial charge on any atom is 0.310 e. The molecule has 29 heavy (non-hydrogen) atoms. The molecule has 152 valence electrons. The number of aromatic hydroxyl groups is 1. The summed E-state index contributed by atoms with van der Waals surface area (Å²) >= 11 is 3.78. The molecular weight excluding hydrogens is 444 g/mol. The molecule has 2 aromatic carbocycles. The Kier molecular flexibility index (Phi) is 4.27. The maximum absolute atomic E-state index is 12.7. The molecule has 2 aromatic rings. The van der Waals surface area contributed by atoms with Crippen molar-refractivity contribution in [3.05, 3.63) is 41.0 Å². The smallest absolute Gasteiger partial charge is 0.310 e. The van der Waals surface area contributed by atoms with Crippen LogP contribution >= 0.6 is 15.9 Å². The molecule has 0 bridgehead atoms. The van der Waals surface area contributed by atoms with Crippen molar-refractivity contribution in [3.63, 3.8) is 0 Å². The molecular formula is C21H19BrO7. The number of benzene rings is 2. The van der Waals surface area contributed by atoms with Gasteiger partial charge in [-0.15, -0.1) is 0 Å². The van der Waals surface area contributed by atoms with Crippen molar-refractivity contribution in [2.45, 2.75) is 10.7 Å². The zero-order chi connectivity index (χ0) is 20.3. The van der Waals surface area contributed by atoms with E-state index in [1.54, 1.807) is 12.1 Å². The van der Waals surface area contributed by atoms with Gasteiger partial charge < -0.3 is 28.8 Å². The molecule has 1 unspecified atom stereocenters. The van der Waals surface area contributed by atoms with Gasteiger partial charge in [0.15, 0.2) is 23.0 Å². The minimum absolute atomic E-state index is 0.0360. The van der Waals surface area contributed by atoms with Gasteiger partial charge in [0, 0.05) is 16.7 Å². The molecule has 4 atom stereocenters. The highest BCUT2D eigenvalue weighted by Gasteiger charge is 2.52. The number of halogens is 1. The second kappa shape index (κ2) is 6.73. The van der Waals surface area contributed by atoms with E-state index in [-0.39, 0.29) is 52.6 Å². The quantitative estimate of drug-likeness (QED) is 0.551. The first-order chi connectivity index (χ1) is 14.0. The van der Waals surface area contributed by atoms with E-state index in [4.69, 9.17) is 23.7 Å². The van der Waals surface area contributed by atoms with Gasteiger partial charge in [0.25, 0.3) is 0 Å². The summed E-state index contributed by atoms with van der Waals surface area (Å²) in [5.74, 6) is 0.862. The van der Waals surface area contributed by atoms with E-state index in [1.165, 1.54) is 14.2 Å². The highest BCUT2D eigenvalue weighted by molar-refractivity contribution is 9.09. The number of hydrogen-bond donors (Lipinski definition) is 1. The number of fused-ring (bicyclic) bond motifs is 3. The lowest BCUT2D eigenvalue weighted by atomic mass is 9.67. The molecule has 5 rings (SSSR count). The van der Waals surface area contributed by atoms with Crippen molar-refractivity contribution in [2.24, 2.45) is 11.8 Å². The van der Waals surface area contributed by atoms with Crippen molar-refractivity contribution in [1.82, 2.24) is 0 Å². The minimum Gasteiger partial charge on any atom is -0.502 e. The number of phenolic OH excluding ortho intramolecular Hbond substituents is 1. The van der Waals surface area contributed by atoms with Crippen molar-refractivity contribution >= 4 is 21.9 Å². The summed E-state index contributed by atoms with van der Waals surface area (Å²) in [6, 6.07) is 7.39. The van der Waals surface area contributed by atoms with Gasteiger partial charge >= 0.3 is 5.97 Å². The Morgan fingerprint density at radius 3 is 2.24 bits per heavy atom. The monoisotopic (exact) mass is 462 g/mol. The number of esters is 1. The molecule has 1 saturated heterocycles. The van der Waals surface area contributed by atoms with Gasteiger partial charge in [-0.25, -0.2) is 0 Å². The van der Waals surface area contributed by atoms with Gasteiger partial charge in [0.2, 0.25) is 12.5 Å². The lowest BCUT2D eigenvalue weighted by Gasteiger charge is -2.37. The summed E-state index contributed by atoms with van der Waals surface area (Å²) in [5, 5.41) is 10.3. The number of carbonyl (C=O) groups excluding carboxylic acids is 1. The fraction of sp³-hybridized carbons (Fsp3) is 0.381. The molecule has 7 nitrogen and oxygen atoms in total. The largest absolute Gasteiger partial charge is 0.502 e. The van der Waals surface area contributed by atoms with Crippen molar-refractivity contribution < 1.29 is 33.6 Å². The Labute approximate surface area is 175 Å². The number of phenols is 1. The third kappa shape index (κ3) is 2.65. The molecule has 2 heterocycles. The van der Waals surface area contributed by atoms with Crippen LogP contribution in [0.2, 0.25) is 0 Å². The lowest BCUT2D eigenvalue weighted by molar-refractivity contribution is -0.141. The summed E-state index contributed by atoms with van der Waals surface area (Å²) in [5.41, 5.74) is 2.78. The predicted octanol–water partition coefficient (Wildman–Crippen LogP) is 3.51. The molecule has 1 fully saturated rings. The fourth-order valence-corrected chi connectivity index (χ4v) is 5.47. The third-order valence-corrected chi connectivity index (χ3v) is 7.13. The molecule has 0 saturated carbocycles. The molecule has 0 aromatic heterocycles. The van der Waals surface area contributed by atoms with E-state index in [0.717, 1.165) is 16.7 Å². The number of rotatable bonds is 3. The lowest BCUT2D eigenvalue weighted by Crippen LogP contribution is -2.32. The summed E-state index contributed by atoms with van der Waals surface area (Å²) < 4.78 is 27.3. The van der Waals surface area contributed by atoms with Crippen LogP contribution < -0.4 is 18.9 Å². The van der Waals surface area contributed by atoms with E-state index < -0.39 is 0 Å². The first kappa shape index (κ1) is 18.4. The summed E-state index contributed by atoms with van der Waals surface area (Å²) in [7, 11) is 2.96. The SMILES string of the molecule is COc1cc([C@@H]2c3cc4c(cc3C(Br)[C@H]3COC(=O)[C@H]23)OCO4)cc(OC)c1O. The Balaban J connectivity index is 1.75. The second-order valence-corrected chi connectivity index (χ2v) is 8.29. The molecule has 1 aliphatic carbocycles. The maximum atomic E-state index is 12.7. The van der Waals surface area contributed by atoms with Crippen LogP contribution in [0, 0.1) is 11.8 Å². The topological polar surface area (TPSA) is 83.5 Å². The predicted molar refractivity (Wildman–Crippen MR) is 105 cm³/mol. The van der Waals surface area contributed by atoms with Gasteiger partial charge in [0.1, 0.15) is 0 Å². The first-order valence-electron chi connectivity index (χ1n) is 9.22. The number of cyclic esters (lactones) is 1. The van der Waals surface area contributed by atoms with E-state index in [1.807, 2.05) is 12.1 Å². The standard InChI is InChI=1S/C21H19BrO7/c1-25-15-3-9(4-16(26-2)20(15)23)17-10-5-13-14(29-8-28-13)6-11(10)19(22)12-7-27-21(24)18(12)17/h3-6,12,17-19,23H,7-8H2,1-2H3/t12-,17+,18-,19?/m0/s1. The first-order valence-corrected chi connectivity index (χ1v) is 10.1. The normalized spacial score (nSPS) is 26.5. The summed E-state index contributed by atoms with van der Waals surface area (Å²) in [6.07, 6.45) is 0. The van der Waals surface area contributed by atoms with Gasteiger partial charge in [-0.2, -0.15) is 0 Å². The van der Waals surface area contributed by atoms with Crippen molar-refractivity contribution in [1.29, 1.82) is 0 Å². The van der Waals surface area contributed by atoms with E-state index in [9.17, 15) is 9.90 Å². The van der Waals surface area contributed by atoms with Crippen LogP contribution in [0.5, 0.6) is 28.7 Å². The molecule has 0 spiro atoms. The molecule has 8 heteroatoms. The van der Waals surface area contributed by atoms with Crippen molar-refractivity contribution in [3.8, 4) is 28.7 Å². The zero-order valence-corrected chi connectivity index (χ0v) is 17.4. The van der Waals surface area contributed by atoms with E-state index in [2.05, 4.69) is 15.9 Å². The van der Waals surface area contributed by atoms with Crippen LogP contribution in [-0.2, 0) is 9.53 Å². The number of alkyl halides is 1. The van der Waals surface area contributed by atoms with Crippen LogP contribution in [0.15, 0.2) is 24.3 Å². The van der Waals surface area contributed by atoms with Crippen LogP contribution in [0.3, 0.4) is 0 Å². The Morgan fingerprint density at radius 2 is 1.62 bits per heavy atom. The van der Waals surface area contributed by atoms with Gasteiger partial charge in [-0.1, -0.05) is 15.9 Å². The molecule has 2 aliphatic heterocycles. The highest BCUT2D eigenvalue weighted by atomic mass is 79.9. The Hall–Kier alpha value is -2.61. The van der Waals surface area contributed by atoms with Gasteiger partial charge in [-0.05, 0) is 41.0 Å². The molecule has 0 radical (unpaired) electrons. The van der Waals surface area contributed by atoms with Gasteiger partial charge in [0.05, 0.1) is 26.7 Å². The average Bonchev–Trinajstić information content (AvgIpc) is 3.34. The second-order valence-electron chi connectivity index (χ2n) is 7.31. The van der Waals surface area contributed by atoms with Crippen LogP contribution in [-0.4, -0.2) is 38.7 Å². The number of methoxy groups -OCH3 is 2. The average molecular weight is 463 g/mol. The number of hydrogen-bond acceptors (Lipinski definition) is 7. The Bertz CT molecular complexity index is 980. The minimum atomic E-state index is -0.383. The highest BCUT2D eigenvalue weighted by Crippen LogP contribution is 2.57. The van der Waals surface area contributed by atoms with Gasteiger partial charge in [-0.3, -0.25) is 4.79 Å². The van der Waals surface area contributed by atoms with E-state index in [0.29, 0.717) is 18.1 Å². The summed E-state index contributed by atoms with van der Waals surface area (Å²) in [4.78, 5) is 12.7. The Morgan fingerprint density at radius 1 is 1.00 bits per heavy atom. The van der Waals surface area contributed by atoms with Crippen LogP contribution in [0.4, 0.5) is 0 Å². The summed E-state index contributed by atoms with van der Waals surface area (Å²) in [6.45, 7) is 0.516. The molecule has 3 aliphatic rings. The van der Waals surface area contributed by atoms with Crippen LogP contribution in [0.1, 0.15) is 27.4 Å². The van der Waals surface area contributed by atoms with Crippen molar-refractivity contribution in [2.75, 3.05) is 27.6 Å².